The second kappa shape index (κ2) is 8.20. The maximum Gasteiger partial charge on any atom is 0.234 e. The molecule has 4 aliphatic rings. The summed E-state index contributed by atoms with van der Waals surface area (Å²) < 4.78 is 0. The van der Waals surface area contributed by atoms with Crippen LogP contribution in [0.1, 0.15) is 30.9 Å². The van der Waals surface area contributed by atoms with Gasteiger partial charge in [-0.3, -0.25) is 24.3 Å². The van der Waals surface area contributed by atoms with Gasteiger partial charge in [0.15, 0.2) is 0 Å². The van der Waals surface area contributed by atoms with Crippen LogP contribution in [0.15, 0.2) is 79.0 Å². The van der Waals surface area contributed by atoms with E-state index >= 15 is 0 Å². The Balaban J connectivity index is 1.29. The summed E-state index contributed by atoms with van der Waals surface area (Å²) in [4.78, 5) is 46.0. The van der Waals surface area contributed by atoms with Crippen molar-refractivity contribution in [3.05, 3.63) is 84.6 Å². The zero-order chi connectivity index (χ0) is 23.2. The summed E-state index contributed by atoms with van der Waals surface area (Å²) in [7, 11) is 0. The number of hydrogen-bond acceptors (Lipinski definition) is 4. The fourth-order valence-corrected chi connectivity index (χ4v) is 5.98. The third kappa shape index (κ3) is 3.41. The van der Waals surface area contributed by atoms with Crippen molar-refractivity contribution in [2.75, 3.05) is 5.32 Å². The van der Waals surface area contributed by atoms with Crippen molar-refractivity contribution in [1.29, 1.82) is 0 Å². The maximum atomic E-state index is 13.6. The highest BCUT2D eigenvalue weighted by Crippen LogP contribution is 2.51. The topological polar surface area (TPSA) is 79.4 Å². The molecular formula is C28H25N3O3. The molecule has 1 aromatic heterocycles. The van der Waals surface area contributed by atoms with Gasteiger partial charge < -0.3 is 5.32 Å². The Kier molecular flexibility index (Phi) is 5.01. The van der Waals surface area contributed by atoms with Gasteiger partial charge >= 0.3 is 0 Å². The molecule has 34 heavy (non-hydrogen) atoms. The quantitative estimate of drug-likeness (QED) is 0.458. The molecule has 6 heteroatoms. The Morgan fingerprint density at radius 3 is 2.32 bits per heavy atom. The molecule has 7 rings (SSSR count). The average molecular weight is 452 g/mol. The fraction of sp³-hybridized carbons (Fsp3) is 0.286. The van der Waals surface area contributed by atoms with E-state index in [2.05, 4.69) is 22.5 Å². The van der Waals surface area contributed by atoms with Gasteiger partial charge in [-0.05, 0) is 54.5 Å². The smallest absolute Gasteiger partial charge is 0.234 e. The monoisotopic (exact) mass is 451 g/mol. The van der Waals surface area contributed by atoms with Gasteiger partial charge in [0.1, 0.15) is 0 Å². The Labute approximate surface area is 197 Å². The SMILES string of the molecule is O=C(C[C@H](c1ccccc1)N1C(=O)[C@@H]2[C@H](C1=O)[C@H]1C=C[C@H]2CC1)Nc1ccc2ncccc2c1. The van der Waals surface area contributed by atoms with Crippen LogP contribution in [0.3, 0.4) is 0 Å². The summed E-state index contributed by atoms with van der Waals surface area (Å²) in [6.45, 7) is 0. The van der Waals surface area contributed by atoms with Crippen molar-refractivity contribution in [2.24, 2.45) is 23.7 Å². The summed E-state index contributed by atoms with van der Waals surface area (Å²) in [5, 5.41) is 3.88. The van der Waals surface area contributed by atoms with Gasteiger partial charge in [0.2, 0.25) is 17.7 Å². The molecule has 1 N–H and O–H groups in total. The summed E-state index contributed by atoms with van der Waals surface area (Å²) in [6, 6.07) is 18.1. The van der Waals surface area contributed by atoms with E-state index < -0.39 is 6.04 Å². The highest BCUT2D eigenvalue weighted by Gasteiger charge is 2.58. The van der Waals surface area contributed by atoms with Gasteiger partial charge in [0, 0.05) is 17.3 Å². The molecular weight excluding hydrogens is 426 g/mol. The maximum absolute atomic E-state index is 13.6. The third-order valence-corrected chi connectivity index (χ3v) is 7.55. The minimum Gasteiger partial charge on any atom is -0.326 e. The van der Waals surface area contributed by atoms with E-state index in [1.807, 2.05) is 60.7 Å². The number of rotatable bonds is 5. The minimum absolute atomic E-state index is 0.00870. The second-order valence-electron chi connectivity index (χ2n) is 9.48. The minimum atomic E-state index is -0.631. The van der Waals surface area contributed by atoms with Crippen molar-refractivity contribution in [3.8, 4) is 0 Å². The molecule has 1 saturated heterocycles. The summed E-state index contributed by atoms with van der Waals surface area (Å²) in [5.74, 6) is -0.855. The predicted molar refractivity (Wildman–Crippen MR) is 128 cm³/mol. The first-order valence-corrected chi connectivity index (χ1v) is 11.8. The summed E-state index contributed by atoms with van der Waals surface area (Å²) in [5.41, 5.74) is 2.30. The lowest BCUT2D eigenvalue weighted by molar-refractivity contribution is -0.143. The van der Waals surface area contributed by atoms with Crippen LogP contribution < -0.4 is 5.32 Å². The van der Waals surface area contributed by atoms with E-state index in [0.29, 0.717) is 5.69 Å². The molecule has 3 aliphatic carbocycles. The van der Waals surface area contributed by atoms with E-state index in [1.165, 1.54) is 4.90 Å². The molecule has 2 heterocycles. The Morgan fingerprint density at radius 1 is 0.941 bits per heavy atom. The second-order valence-corrected chi connectivity index (χ2v) is 9.48. The number of pyridine rings is 1. The van der Waals surface area contributed by atoms with Crippen molar-refractivity contribution in [2.45, 2.75) is 25.3 Å². The average Bonchev–Trinajstić information content (AvgIpc) is 3.16. The molecule has 2 fully saturated rings. The van der Waals surface area contributed by atoms with Crippen molar-refractivity contribution < 1.29 is 14.4 Å². The molecule has 170 valence electrons. The third-order valence-electron chi connectivity index (χ3n) is 7.55. The number of anilines is 1. The molecule has 2 bridgehead atoms. The van der Waals surface area contributed by atoms with Gasteiger partial charge in [-0.2, -0.15) is 0 Å². The Bertz CT molecular complexity index is 1290. The number of nitrogens with zero attached hydrogens (tertiary/aromatic N) is 2. The number of benzene rings is 2. The number of amides is 3. The Morgan fingerprint density at radius 2 is 1.65 bits per heavy atom. The van der Waals surface area contributed by atoms with Crippen LogP contribution >= 0.6 is 0 Å². The molecule has 3 aromatic rings. The first-order valence-electron chi connectivity index (χ1n) is 11.8. The molecule has 0 unspecified atom stereocenters. The lowest BCUT2D eigenvalue weighted by atomic mass is 9.63. The number of hydrogen-bond donors (Lipinski definition) is 1. The number of fused-ring (bicyclic) bond motifs is 2. The molecule has 3 amide bonds. The standard InChI is InChI=1S/C28H25N3O3/c32-24(30-21-12-13-22-20(15-21)7-4-14-29-22)16-23(17-5-2-1-3-6-17)31-27(33)25-18-8-9-19(11-10-18)26(25)28(31)34/h1-9,12-15,18-19,23,25-26H,10-11,16H2,(H,30,32)/t18-,19-,23+,25-,26+/m0/s1. The lowest BCUT2D eigenvalue weighted by Gasteiger charge is -2.38. The molecule has 1 saturated carbocycles. The van der Waals surface area contributed by atoms with Crippen LogP contribution in [-0.4, -0.2) is 27.6 Å². The number of likely N-dealkylation sites (tertiary alicyclic amines) is 1. The zero-order valence-corrected chi connectivity index (χ0v) is 18.6. The van der Waals surface area contributed by atoms with Crippen LogP contribution in [0.25, 0.3) is 10.9 Å². The van der Waals surface area contributed by atoms with Crippen molar-refractivity contribution >= 4 is 34.3 Å². The molecule has 2 aromatic carbocycles. The van der Waals surface area contributed by atoms with Crippen molar-refractivity contribution in [1.82, 2.24) is 9.88 Å². The fourth-order valence-electron chi connectivity index (χ4n) is 5.98. The van der Waals surface area contributed by atoms with Crippen LogP contribution in [-0.2, 0) is 14.4 Å². The number of carbonyl (C=O) groups is 3. The number of carbonyl (C=O) groups excluding carboxylic acids is 3. The van der Waals surface area contributed by atoms with E-state index in [0.717, 1.165) is 29.3 Å². The van der Waals surface area contributed by atoms with Crippen LogP contribution in [0.5, 0.6) is 0 Å². The highest BCUT2D eigenvalue weighted by molar-refractivity contribution is 6.07. The van der Waals surface area contributed by atoms with Crippen molar-refractivity contribution in [3.63, 3.8) is 0 Å². The van der Waals surface area contributed by atoms with Crippen LogP contribution in [0, 0.1) is 23.7 Å². The molecule has 6 nitrogen and oxygen atoms in total. The number of aromatic nitrogens is 1. The zero-order valence-electron chi connectivity index (χ0n) is 18.6. The highest BCUT2D eigenvalue weighted by atomic mass is 16.2. The Hall–Kier alpha value is -3.80. The molecule has 0 radical (unpaired) electrons. The first-order chi connectivity index (χ1) is 16.6. The van der Waals surface area contributed by atoms with Gasteiger partial charge in [0.25, 0.3) is 0 Å². The van der Waals surface area contributed by atoms with Gasteiger partial charge in [-0.15, -0.1) is 0 Å². The molecule has 1 aliphatic heterocycles. The van der Waals surface area contributed by atoms with E-state index in [4.69, 9.17) is 0 Å². The largest absolute Gasteiger partial charge is 0.326 e. The number of allylic oxidation sites excluding steroid dienone is 2. The molecule has 0 spiro atoms. The number of imide groups is 1. The van der Waals surface area contributed by atoms with E-state index in [9.17, 15) is 14.4 Å². The molecule has 5 atom stereocenters. The van der Waals surface area contributed by atoms with Gasteiger partial charge in [0.05, 0.1) is 29.8 Å². The van der Waals surface area contributed by atoms with Crippen LogP contribution in [0.2, 0.25) is 0 Å². The van der Waals surface area contributed by atoms with E-state index in [1.54, 1.807) is 6.20 Å². The lowest BCUT2D eigenvalue weighted by Crippen LogP contribution is -2.38. The summed E-state index contributed by atoms with van der Waals surface area (Å²) >= 11 is 0. The first kappa shape index (κ1) is 20.8. The van der Waals surface area contributed by atoms with Gasteiger partial charge in [-0.1, -0.05) is 48.6 Å². The summed E-state index contributed by atoms with van der Waals surface area (Å²) in [6.07, 6.45) is 7.86. The van der Waals surface area contributed by atoms with E-state index in [-0.39, 0.29) is 47.8 Å². The van der Waals surface area contributed by atoms with Crippen LogP contribution in [0.4, 0.5) is 5.69 Å². The van der Waals surface area contributed by atoms with Gasteiger partial charge in [-0.25, -0.2) is 0 Å². The normalized spacial score (nSPS) is 26.1. The predicted octanol–water partition coefficient (Wildman–Crippen LogP) is 4.50. The number of nitrogens with one attached hydrogen (secondary N) is 1.